The highest BCUT2D eigenvalue weighted by Gasteiger charge is 2.24. The van der Waals surface area contributed by atoms with Gasteiger partial charge in [-0.1, -0.05) is 0 Å². The molecule has 2 heterocycles. The number of halogens is 2. The van der Waals surface area contributed by atoms with Gasteiger partial charge < -0.3 is 9.38 Å². The number of rotatable bonds is 2. The molecule has 0 unspecified atom stereocenters. The van der Waals surface area contributed by atoms with Gasteiger partial charge in [-0.25, -0.2) is 8.78 Å². The third-order valence-electron chi connectivity index (χ3n) is 3.31. The molecule has 94 valence electrons. The lowest BCUT2D eigenvalue weighted by Gasteiger charge is -2.39. The molecular weight excluding hydrogens is 224 g/mol. The SMILES string of the molecule is C[N+]1(C)CCN(c2ccc(C(F)F)nc2)CC1. The summed E-state index contributed by atoms with van der Waals surface area (Å²) in [5.74, 6) is 0. The molecule has 1 aromatic rings. The van der Waals surface area contributed by atoms with Gasteiger partial charge in [-0.05, 0) is 12.1 Å². The summed E-state index contributed by atoms with van der Waals surface area (Å²) in [6.07, 6.45) is -0.937. The van der Waals surface area contributed by atoms with Crippen LogP contribution in [0.3, 0.4) is 0 Å². The van der Waals surface area contributed by atoms with Gasteiger partial charge in [0.25, 0.3) is 6.43 Å². The summed E-state index contributed by atoms with van der Waals surface area (Å²) in [5, 5.41) is 0. The largest absolute Gasteiger partial charge is 0.359 e. The van der Waals surface area contributed by atoms with Crippen LogP contribution in [0.2, 0.25) is 0 Å². The summed E-state index contributed by atoms with van der Waals surface area (Å²) in [4.78, 5) is 5.99. The van der Waals surface area contributed by atoms with Crippen molar-refractivity contribution in [3.8, 4) is 0 Å². The molecule has 0 aliphatic carbocycles. The van der Waals surface area contributed by atoms with Crippen LogP contribution in [0, 0.1) is 0 Å². The van der Waals surface area contributed by atoms with Gasteiger partial charge in [-0.15, -0.1) is 0 Å². The van der Waals surface area contributed by atoms with Crippen molar-refractivity contribution in [1.82, 2.24) is 4.98 Å². The lowest BCUT2D eigenvalue weighted by Crippen LogP contribution is -2.54. The van der Waals surface area contributed by atoms with Crippen LogP contribution < -0.4 is 4.90 Å². The van der Waals surface area contributed by atoms with E-state index in [-0.39, 0.29) is 5.69 Å². The summed E-state index contributed by atoms with van der Waals surface area (Å²) >= 11 is 0. The third kappa shape index (κ3) is 2.91. The van der Waals surface area contributed by atoms with Crippen molar-refractivity contribution in [3.63, 3.8) is 0 Å². The molecule has 1 fully saturated rings. The van der Waals surface area contributed by atoms with E-state index in [2.05, 4.69) is 24.0 Å². The molecule has 0 bridgehead atoms. The highest BCUT2D eigenvalue weighted by Crippen LogP contribution is 2.21. The molecular formula is C12H18F2N3+. The molecule has 0 saturated carbocycles. The number of hydrogen-bond donors (Lipinski definition) is 0. The van der Waals surface area contributed by atoms with Crippen LogP contribution in [0.1, 0.15) is 12.1 Å². The maximum absolute atomic E-state index is 12.4. The average molecular weight is 242 g/mol. The number of pyridine rings is 1. The topological polar surface area (TPSA) is 16.1 Å². The Balaban J connectivity index is 2.04. The third-order valence-corrected chi connectivity index (χ3v) is 3.31. The van der Waals surface area contributed by atoms with Crippen LogP contribution in [0.15, 0.2) is 18.3 Å². The standard InChI is InChI=1S/C12H18F2N3/c1-17(2)7-5-16(6-8-17)10-3-4-11(12(13)14)15-9-10/h3-4,9,12H,5-8H2,1-2H3/q+1. The minimum Gasteiger partial charge on any atom is -0.359 e. The van der Waals surface area contributed by atoms with E-state index in [1.54, 1.807) is 12.3 Å². The normalized spacial score (nSPS) is 19.7. The number of nitrogens with zero attached hydrogens (tertiary/aromatic N) is 3. The van der Waals surface area contributed by atoms with Crippen molar-refractivity contribution in [3.05, 3.63) is 24.0 Å². The zero-order valence-corrected chi connectivity index (χ0v) is 10.2. The Bertz CT molecular complexity index is 366. The molecule has 0 atom stereocenters. The highest BCUT2D eigenvalue weighted by atomic mass is 19.3. The summed E-state index contributed by atoms with van der Waals surface area (Å²) < 4.78 is 25.7. The maximum atomic E-state index is 12.4. The number of anilines is 1. The molecule has 1 saturated heterocycles. The second-order valence-corrected chi connectivity index (χ2v) is 5.11. The summed E-state index contributed by atoms with van der Waals surface area (Å²) in [6.45, 7) is 4.03. The van der Waals surface area contributed by atoms with Gasteiger partial charge in [-0.2, -0.15) is 0 Å². The Labute approximate surface area is 100 Å². The fourth-order valence-electron chi connectivity index (χ4n) is 1.98. The van der Waals surface area contributed by atoms with E-state index in [0.717, 1.165) is 36.3 Å². The highest BCUT2D eigenvalue weighted by molar-refractivity contribution is 5.44. The summed E-state index contributed by atoms with van der Waals surface area (Å²) in [5.41, 5.74) is 0.788. The van der Waals surface area contributed by atoms with Crippen LogP contribution in [0.4, 0.5) is 14.5 Å². The number of aromatic nitrogens is 1. The number of quaternary nitrogens is 1. The maximum Gasteiger partial charge on any atom is 0.280 e. The smallest absolute Gasteiger partial charge is 0.280 e. The van der Waals surface area contributed by atoms with Gasteiger partial charge in [0.05, 0.1) is 52.2 Å². The first kappa shape index (κ1) is 12.2. The van der Waals surface area contributed by atoms with Crippen LogP contribution in [0.5, 0.6) is 0 Å². The first-order valence-corrected chi connectivity index (χ1v) is 5.79. The van der Waals surface area contributed by atoms with Crippen LogP contribution in [-0.4, -0.2) is 49.7 Å². The molecule has 1 aliphatic heterocycles. The quantitative estimate of drug-likeness (QED) is 0.737. The Kier molecular flexibility index (Phi) is 3.28. The van der Waals surface area contributed by atoms with Crippen molar-refractivity contribution < 1.29 is 13.3 Å². The number of alkyl halides is 2. The number of likely N-dealkylation sites (N-methyl/N-ethyl adjacent to an activating group) is 1. The van der Waals surface area contributed by atoms with E-state index >= 15 is 0 Å². The van der Waals surface area contributed by atoms with Gasteiger partial charge in [-0.3, -0.25) is 4.98 Å². The zero-order chi connectivity index (χ0) is 12.5. The molecule has 2 rings (SSSR count). The fraction of sp³-hybridized carbons (Fsp3) is 0.583. The minimum absolute atomic E-state index is 0.151. The fourth-order valence-corrected chi connectivity index (χ4v) is 1.98. The van der Waals surface area contributed by atoms with E-state index in [9.17, 15) is 8.78 Å². The van der Waals surface area contributed by atoms with Gasteiger partial charge >= 0.3 is 0 Å². The molecule has 5 heteroatoms. The van der Waals surface area contributed by atoms with Crippen LogP contribution >= 0.6 is 0 Å². The van der Waals surface area contributed by atoms with Crippen molar-refractivity contribution >= 4 is 5.69 Å². The molecule has 0 aromatic carbocycles. The molecule has 0 amide bonds. The predicted molar refractivity (Wildman–Crippen MR) is 63.2 cm³/mol. The second kappa shape index (κ2) is 4.56. The average Bonchev–Trinajstić information content (AvgIpc) is 2.29. The van der Waals surface area contributed by atoms with E-state index in [1.165, 1.54) is 6.07 Å². The lowest BCUT2D eigenvalue weighted by atomic mass is 10.2. The summed E-state index contributed by atoms with van der Waals surface area (Å²) in [7, 11) is 4.41. The second-order valence-electron chi connectivity index (χ2n) is 5.11. The Morgan fingerprint density at radius 1 is 1.24 bits per heavy atom. The van der Waals surface area contributed by atoms with E-state index in [0.29, 0.717) is 0 Å². The Hall–Kier alpha value is -1.23. The molecule has 0 N–H and O–H groups in total. The van der Waals surface area contributed by atoms with Crippen molar-refractivity contribution in [1.29, 1.82) is 0 Å². The van der Waals surface area contributed by atoms with Gasteiger partial charge in [0.1, 0.15) is 5.69 Å². The van der Waals surface area contributed by atoms with Crippen molar-refractivity contribution in [2.24, 2.45) is 0 Å². The van der Waals surface area contributed by atoms with Gasteiger partial charge in [0.2, 0.25) is 0 Å². The zero-order valence-electron chi connectivity index (χ0n) is 10.2. The van der Waals surface area contributed by atoms with Crippen molar-refractivity contribution in [2.45, 2.75) is 6.43 Å². The van der Waals surface area contributed by atoms with Crippen molar-refractivity contribution in [2.75, 3.05) is 45.2 Å². The Morgan fingerprint density at radius 2 is 1.88 bits per heavy atom. The molecule has 17 heavy (non-hydrogen) atoms. The monoisotopic (exact) mass is 242 g/mol. The molecule has 1 aromatic heterocycles. The Morgan fingerprint density at radius 3 is 2.35 bits per heavy atom. The molecule has 3 nitrogen and oxygen atoms in total. The van der Waals surface area contributed by atoms with Gasteiger partial charge in [0.15, 0.2) is 0 Å². The molecule has 0 radical (unpaired) electrons. The van der Waals surface area contributed by atoms with Gasteiger partial charge in [0, 0.05) is 0 Å². The van der Waals surface area contributed by atoms with Crippen LogP contribution in [-0.2, 0) is 0 Å². The molecule has 0 spiro atoms. The van der Waals surface area contributed by atoms with Crippen LogP contribution in [0.25, 0.3) is 0 Å². The van der Waals surface area contributed by atoms with E-state index < -0.39 is 6.43 Å². The van der Waals surface area contributed by atoms with E-state index in [1.807, 2.05) is 0 Å². The first-order chi connectivity index (χ1) is 7.98. The predicted octanol–water partition coefficient (Wildman–Crippen LogP) is 1.92. The first-order valence-electron chi connectivity index (χ1n) is 5.79. The molecule has 1 aliphatic rings. The van der Waals surface area contributed by atoms with E-state index in [4.69, 9.17) is 0 Å². The number of hydrogen-bond acceptors (Lipinski definition) is 2. The minimum atomic E-state index is -2.49. The lowest BCUT2D eigenvalue weighted by molar-refractivity contribution is -0.890. The number of piperazine rings is 1. The summed E-state index contributed by atoms with van der Waals surface area (Å²) in [6, 6.07) is 3.15.